The van der Waals surface area contributed by atoms with Gasteiger partial charge in [-0.15, -0.1) is 0 Å². The first-order valence-corrected chi connectivity index (χ1v) is 7.91. The van der Waals surface area contributed by atoms with Crippen molar-refractivity contribution in [2.45, 2.75) is 32.2 Å². The predicted molar refractivity (Wildman–Crippen MR) is 84.9 cm³/mol. The number of nitrogens with one attached hydrogen (secondary N) is 2. The maximum Gasteiger partial charge on any atom is 0.256 e. The summed E-state index contributed by atoms with van der Waals surface area (Å²) in [6.07, 6.45) is 7.86. The van der Waals surface area contributed by atoms with Gasteiger partial charge in [0.1, 0.15) is 11.6 Å². The number of imidazole rings is 2. The average molecular weight is 310 g/mol. The van der Waals surface area contributed by atoms with E-state index in [0.29, 0.717) is 11.2 Å². The number of carbonyl (C=O) groups excluding carboxylic acids is 1. The van der Waals surface area contributed by atoms with Crippen LogP contribution in [-0.4, -0.2) is 42.3 Å². The molecule has 4 heterocycles. The molecule has 7 nitrogen and oxygen atoms in total. The van der Waals surface area contributed by atoms with E-state index in [1.807, 2.05) is 11.8 Å². The Morgan fingerprint density at radius 1 is 1.39 bits per heavy atom. The van der Waals surface area contributed by atoms with E-state index in [1.165, 1.54) is 0 Å². The number of hydrogen-bond acceptors (Lipinski definition) is 4. The molecule has 3 aromatic rings. The summed E-state index contributed by atoms with van der Waals surface area (Å²) in [6, 6.07) is 1.77. The number of rotatable bonds is 3. The molecule has 1 atom stereocenters. The summed E-state index contributed by atoms with van der Waals surface area (Å²) >= 11 is 0. The number of likely N-dealkylation sites (tertiary alicyclic amines) is 1. The first-order valence-electron chi connectivity index (χ1n) is 7.91. The molecule has 3 aromatic heterocycles. The molecule has 0 saturated carbocycles. The number of H-pyrrole nitrogens is 2. The minimum absolute atomic E-state index is 0.00241. The molecule has 7 heteroatoms. The molecule has 1 saturated heterocycles. The Morgan fingerprint density at radius 3 is 3.09 bits per heavy atom. The fourth-order valence-electron chi connectivity index (χ4n) is 3.21. The van der Waals surface area contributed by atoms with E-state index >= 15 is 0 Å². The molecule has 118 valence electrons. The van der Waals surface area contributed by atoms with Crippen LogP contribution in [0.1, 0.15) is 47.8 Å². The molecule has 0 bridgehead atoms. The first kappa shape index (κ1) is 13.9. The highest BCUT2D eigenvalue weighted by Crippen LogP contribution is 2.32. The second kappa shape index (κ2) is 5.49. The minimum atomic E-state index is 0.00241. The molecule has 23 heavy (non-hydrogen) atoms. The van der Waals surface area contributed by atoms with Crippen LogP contribution in [0.5, 0.6) is 0 Å². The van der Waals surface area contributed by atoms with Gasteiger partial charge >= 0.3 is 0 Å². The maximum absolute atomic E-state index is 13.1. The average Bonchev–Trinajstić information content (AvgIpc) is 3.31. The largest absolute Gasteiger partial charge is 0.347 e. The number of pyridine rings is 1. The number of amides is 1. The zero-order chi connectivity index (χ0) is 15.8. The quantitative estimate of drug-likeness (QED) is 0.776. The highest BCUT2D eigenvalue weighted by atomic mass is 16.2. The number of nitrogens with zero attached hydrogens (tertiary/aromatic N) is 4. The van der Waals surface area contributed by atoms with Crippen LogP contribution < -0.4 is 0 Å². The third kappa shape index (κ3) is 2.28. The molecule has 1 aliphatic heterocycles. The lowest BCUT2D eigenvalue weighted by Crippen LogP contribution is -2.31. The first-order chi connectivity index (χ1) is 11.3. The van der Waals surface area contributed by atoms with Crippen molar-refractivity contribution in [3.05, 3.63) is 41.9 Å². The van der Waals surface area contributed by atoms with Crippen LogP contribution in [0.25, 0.3) is 11.2 Å². The summed E-state index contributed by atoms with van der Waals surface area (Å²) in [5, 5.41) is 0. The Bertz CT molecular complexity index is 838. The summed E-state index contributed by atoms with van der Waals surface area (Å²) in [7, 11) is 0. The van der Waals surface area contributed by atoms with Gasteiger partial charge in [-0.05, 0) is 18.9 Å². The summed E-state index contributed by atoms with van der Waals surface area (Å²) in [4.78, 5) is 34.3. The molecular formula is C16H18N6O. The van der Waals surface area contributed by atoms with Gasteiger partial charge < -0.3 is 14.9 Å². The summed E-state index contributed by atoms with van der Waals surface area (Å²) in [5.74, 6) is 1.69. The minimum Gasteiger partial charge on any atom is -0.347 e. The Balaban J connectivity index is 1.72. The number of carbonyl (C=O) groups is 1. The SMILES string of the molecule is CCc1nc2nccc(C(=O)N3CCCC3c3ncc[nH]3)c2[nH]1. The second-order valence-corrected chi connectivity index (χ2v) is 5.73. The highest BCUT2D eigenvalue weighted by Gasteiger charge is 2.33. The van der Waals surface area contributed by atoms with Crippen molar-refractivity contribution in [3.8, 4) is 0 Å². The van der Waals surface area contributed by atoms with Gasteiger partial charge in [0.25, 0.3) is 5.91 Å². The Hall–Kier alpha value is -2.70. The van der Waals surface area contributed by atoms with Crippen LogP contribution in [0.15, 0.2) is 24.7 Å². The third-order valence-corrected chi connectivity index (χ3v) is 4.36. The van der Waals surface area contributed by atoms with Crippen LogP contribution in [0.4, 0.5) is 0 Å². The van der Waals surface area contributed by atoms with Gasteiger partial charge in [-0.1, -0.05) is 6.92 Å². The fraction of sp³-hybridized carbons (Fsp3) is 0.375. The number of aryl methyl sites for hydroxylation is 1. The van der Waals surface area contributed by atoms with Crippen LogP contribution in [0, 0.1) is 0 Å². The lowest BCUT2D eigenvalue weighted by Gasteiger charge is -2.23. The molecule has 0 aromatic carbocycles. The van der Waals surface area contributed by atoms with E-state index in [9.17, 15) is 4.79 Å². The monoisotopic (exact) mass is 310 g/mol. The lowest BCUT2D eigenvalue weighted by molar-refractivity contribution is 0.0732. The van der Waals surface area contributed by atoms with E-state index < -0.39 is 0 Å². The number of fused-ring (bicyclic) bond motifs is 1. The Morgan fingerprint density at radius 2 is 2.30 bits per heavy atom. The molecular weight excluding hydrogens is 292 g/mol. The zero-order valence-corrected chi connectivity index (χ0v) is 12.9. The summed E-state index contributed by atoms with van der Waals surface area (Å²) < 4.78 is 0. The van der Waals surface area contributed by atoms with Crippen molar-refractivity contribution in [1.29, 1.82) is 0 Å². The van der Waals surface area contributed by atoms with Crippen molar-refractivity contribution in [2.75, 3.05) is 6.54 Å². The highest BCUT2D eigenvalue weighted by molar-refractivity contribution is 6.04. The van der Waals surface area contributed by atoms with Crippen molar-refractivity contribution >= 4 is 17.1 Å². The topological polar surface area (TPSA) is 90.6 Å². The summed E-state index contributed by atoms with van der Waals surface area (Å²) in [6.45, 7) is 2.76. The zero-order valence-electron chi connectivity index (χ0n) is 12.9. The Labute approximate surface area is 133 Å². The van der Waals surface area contributed by atoms with Gasteiger partial charge in [-0.3, -0.25) is 4.79 Å². The Kier molecular flexibility index (Phi) is 3.33. The van der Waals surface area contributed by atoms with E-state index in [2.05, 4.69) is 24.9 Å². The molecule has 0 radical (unpaired) electrons. The number of aromatic nitrogens is 5. The van der Waals surface area contributed by atoms with E-state index in [4.69, 9.17) is 0 Å². The molecule has 1 aliphatic rings. The fourth-order valence-corrected chi connectivity index (χ4v) is 3.21. The van der Waals surface area contributed by atoms with E-state index in [-0.39, 0.29) is 11.9 Å². The van der Waals surface area contributed by atoms with Crippen LogP contribution in [-0.2, 0) is 6.42 Å². The molecule has 1 unspecified atom stereocenters. The van der Waals surface area contributed by atoms with Gasteiger partial charge in [-0.2, -0.15) is 0 Å². The smallest absolute Gasteiger partial charge is 0.256 e. The van der Waals surface area contributed by atoms with Gasteiger partial charge in [0.15, 0.2) is 5.65 Å². The van der Waals surface area contributed by atoms with E-state index in [0.717, 1.165) is 43.0 Å². The standard InChI is InChI=1S/C16H18N6O/c1-2-12-20-13-10(5-6-17-15(13)21-12)16(23)22-9-3-4-11(22)14-18-7-8-19-14/h5-8,11H,2-4,9H2,1H3,(H,18,19)(H,17,20,21). The second-order valence-electron chi connectivity index (χ2n) is 5.73. The normalized spacial score (nSPS) is 18.0. The van der Waals surface area contributed by atoms with Crippen LogP contribution in [0.3, 0.4) is 0 Å². The molecule has 0 aliphatic carbocycles. The molecule has 1 fully saturated rings. The number of aromatic amines is 2. The van der Waals surface area contributed by atoms with Crippen LogP contribution in [0.2, 0.25) is 0 Å². The molecule has 2 N–H and O–H groups in total. The van der Waals surface area contributed by atoms with Crippen molar-refractivity contribution in [1.82, 2.24) is 29.8 Å². The van der Waals surface area contributed by atoms with Crippen molar-refractivity contribution in [3.63, 3.8) is 0 Å². The van der Waals surface area contributed by atoms with Crippen molar-refractivity contribution in [2.24, 2.45) is 0 Å². The number of hydrogen-bond donors (Lipinski definition) is 2. The lowest BCUT2D eigenvalue weighted by atomic mass is 10.1. The molecule has 4 rings (SSSR count). The van der Waals surface area contributed by atoms with E-state index in [1.54, 1.807) is 24.7 Å². The van der Waals surface area contributed by atoms with Crippen molar-refractivity contribution < 1.29 is 4.79 Å². The molecule has 1 amide bonds. The van der Waals surface area contributed by atoms with Crippen LogP contribution >= 0.6 is 0 Å². The molecule has 0 spiro atoms. The maximum atomic E-state index is 13.1. The van der Waals surface area contributed by atoms with Gasteiger partial charge in [-0.25, -0.2) is 15.0 Å². The predicted octanol–water partition coefficient (Wildman–Crippen LogP) is 2.22. The third-order valence-electron chi connectivity index (χ3n) is 4.36. The summed E-state index contributed by atoms with van der Waals surface area (Å²) in [5.41, 5.74) is 1.95. The van der Waals surface area contributed by atoms with Gasteiger partial charge in [0.05, 0.1) is 17.1 Å². The van der Waals surface area contributed by atoms with Gasteiger partial charge in [0, 0.05) is 31.6 Å². The van der Waals surface area contributed by atoms with Gasteiger partial charge in [0.2, 0.25) is 0 Å².